The predicted molar refractivity (Wildman–Crippen MR) is 99.2 cm³/mol. The smallest absolute Gasteiger partial charge is 0.145 e. The maximum atomic E-state index is 4.82. The fourth-order valence-corrected chi connectivity index (χ4v) is 2.65. The van der Waals surface area contributed by atoms with Gasteiger partial charge in [0.2, 0.25) is 0 Å². The van der Waals surface area contributed by atoms with Gasteiger partial charge in [0.25, 0.3) is 0 Å². The second kappa shape index (κ2) is 6.49. The van der Waals surface area contributed by atoms with Gasteiger partial charge in [0.15, 0.2) is 0 Å². The molecule has 2 nitrogen and oxygen atoms in total. The van der Waals surface area contributed by atoms with Crippen molar-refractivity contribution in [2.24, 2.45) is 0 Å². The molecule has 2 heteroatoms. The standard InChI is InChI=1S/C21H20N2/c1-4-5-6-11-17(3)23-20-14-8-7-13-19(20)22-21(23)18-12-9-10-16(2)15-18/h4-15H,3H2,1-2H3/b5-4-,11-6-. The lowest BCUT2D eigenvalue weighted by molar-refractivity contribution is 1.15. The van der Waals surface area contributed by atoms with Gasteiger partial charge in [-0.25, -0.2) is 4.98 Å². The number of rotatable bonds is 4. The fraction of sp³-hybridized carbons (Fsp3) is 0.0952. The molecule has 3 aromatic rings. The highest BCUT2D eigenvalue weighted by molar-refractivity contribution is 5.86. The van der Waals surface area contributed by atoms with Crippen molar-refractivity contribution in [3.63, 3.8) is 0 Å². The first-order valence-corrected chi connectivity index (χ1v) is 7.74. The van der Waals surface area contributed by atoms with Gasteiger partial charge in [-0.1, -0.05) is 60.7 Å². The van der Waals surface area contributed by atoms with E-state index in [1.807, 2.05) is 49.4 Å². The molecule has 23 heavy (non-hydrogen) atoms. The zero-order valence-electron chi connectivity index (χ0n) is 13.5. The van der Waals surface area contributed by atoms with Crippen molar-refractivity contribution in [3.8, 4) is 11.4 Å². The number of hydrogen-bond acceptors (Lipinski definition) is 1. The van der Waals surface area contributed by atoms with Crippen molar-refractivity contribution in [3.05, 3.63) is 85.0 Å². The monoisotopic (exact) mass is 300 g/mol. The van der Waals surface area contributed by atoms with E-state index >= 15 is 0 Å². The number of fused-ring (bicyclic) bond motifs is 1. The van der Waals surface area contributed by atoms with Gasteiger partial charge in [-0.15, -0.1) is 0 Å². The van der Waals surface area contributed by atoms with Crippen LogP contribution < -0.4 is 0 Å². The topological polar surface area (TPSA) is 17.8 Å². The number of benzene rings is 2. The molecule has 0 unspecified atom stereocenters. The lowest BCUT2D eigenvalue weighted by atomic mass is 10.1. The lowest BCUT2D eigenvalue weighted by Crippen LogP contribution is -1.97. The third-order valence-corrected chi connectivity index (χ3v) is 3.72. The Morgan fingerprint density at radius 1 is 1.09 bits per heavy atom. The molecular formula is C21H20N2. The number of aromatic nitrogens is 2. The van der Waals surface area contributed by atoms with E-state index in [1.165, 1.54) is 5.56 Å². The van der Waals surface area contributed by atoms with Gasteiger partial charge in [0, 0.05) is 11.3 Å². The first-order chi connectivity index (χ1) is 11.2. The Morgan fingerprint density at radius 3 is 2.70 bits per heavy atom. The average Bonchev–Trinajstić information content (AvgIpc) is 2.94. The third-order valence-electron chi connectivity index (χ3n) is 3.72. The summed E-state index contributed by atoms with van der Waals surface area (Å²) in [5, 5.41) is 0. The normalized spacial score (nSPS) is 11.7. The van der Waals surface area contributed by atoms with Crippen LogP contribution in [-0.4, -0.2) is 9.55 Å². The summed E-state index contributed by atoms with van der Waals surface area (Å²) >= 11 is 0. The fourth-order valence-electron chi connectivity index (χ4n) is 2.65. The largest absolute Gasteiger partial charge is 0.293 e. The van der Waals surface area contributed by atoms with Crippen LogP contribution >= 0.6 is 0 Å². The summed E-state index contributed by atoms with van der Waals surface area (Å²) in [5.41, 5.74) is 5.26. The molecule has 2 aromatic carbocycles. The SMILES string of the molecule is C=C(/C=C\C=C/C)n1c(-c2cccc(C)c2)nc2ccccc21. The van der Waals surface area contributed by atoms with E-state index in [9.17, 15) is 0 Å². The minimum Gasteiger partial charge on any atom is -0.293 e. The van der Waals surface area contributed by atoms with Crippen LogP contribution in [-0.2, 0) is 0 Å². The first-order valence-electron chi connectivity index (χ1n) is 7.74. The van der Waals surface area contributed by atoms with E-state index in [2.05, 4.69) is 48.4 Å². The summed E-state index contributed by atoms with van der Waals surface area (Å²) in [7, 11) is 0. The Labute approximate surface area is 137 Å². The van der Waals surface area contributed by atoms with Crippen LogP contribution in [0, 0.1) is 6.92 Å². The summed E-state index contributed by atoms with van der Waals surface area (Å²) in [6.45, 7) is 8.32. The van der Waals surface area contributed by atoms with Crippen LogP contribution in [0.3, 0.4) is 0 Å². The van der Waals surface area contributed by atoms with Gasteiger partial charge in [-0.2, -0.15) is 0 Å². The molecule has 0 saturated carbocycles. The average molecular weight is 300 g/mol. The Morgan fingerprint density at radius 2 is 1.91 bits per heavy atom. The molecule has 3 rings (SSSR count). The molecule has 0 amide bonds. The summed E-state index contributed by atoms with van der Waals surface area (Å²) < 4.78 is 2.12. The second-order valence-electron chi connectivity index (χ2n) is 5.51. The van der Waals surface area contributed by atoms with Crippen molar-refractivity contribution in [2.45, 2.75) is 13.8 Å². The minimum absolute atomic E-state index is 0.897. The number of aryl methyl sites for hydroxylation is 1. The number of imidazole rings is 1. The number of hydrogen-bond donors (Lipinski definition) is 0. The van der Waals surface area contributed by atoms with Crippen LogP contribution in [0.5, 0.6) is 0 Å². The number of nitrogens with zero attached hydrogens (tertiary/aromatic N) is 2. The van der Waals surface area contributed by atoms with Crippen LogP contribution in [0.1, 0.15) is 12.5 Å². The Hall–Kier alpha value is -2.87. The molecule has 0 aliphatic carbocycles. The maximum Gasteiger partial charge on any atom is 0.145 e. The van der Waals surface area contributed by atoms with E-state index in [1.54, 1.807) is 0 Å². The zero-order valence-corrected chi connectivity index (χ0v) is 13.5. The van der Waals surface area contributed by atoms with Crippen LogP contribution in [0.4, 0.5) is 0 Å². The van der Waals surface area contributed by atoms with Gasteiger partial charge in [0.05, 0.1) is 11.0 Å². The van der Waals surface area contributed by atoms with E-state index < -0.39 is 0 Å². The quantitative estimate of drug-likeness (QED) is 0.572. The summed E-state index contributed by atoms with van der Waals surface area (Å²) in [6.07, 6.45) is 8.00. The van der Waals surface area contributed by atoms with Gasteiger partial charge < -0.3 is 0 Å². The molecule has 0 radical (unpaired) electrons. The van der Waals surface area contributed by atoms with Crippen molar-refractivity contribution in [1.29, 1.82) is 0 Å². The molecule has 0 aliphatic heterocycles. The van der Waals surface area contributed by atoms with Crippen LogP contribution in [0.25, 0.3) is 28.1 Å². The maximum absolute atomic E-state index is 4.82. The summed E-state index contributed by atoms with van der Waals surface area (Å²) in [5.74, 6) is 0.921. The summed E-state index contributed by atoms with van der Waals surface area (Å²) in [6, 6.07) is 16.6. The highest BCUT2D eigenvalue weighted by Gasteiger charge is 2.13. The molecule has 1 aromatic heterocycles. The molecule has 1 heterocycles. The Bertz CT molecular complexity index is 910. The van der Waals surface area contributed by atoms with E-state index in [0.29, 0.717) is 0 Å². The zero-order chi connectivity index (χ0) is 16.2. The Kier molecular flexibility index (Phi) is 4.24. The molecule has 0 aliphatic rings. The molecule has 0 bridgehead atoms. The molecule has 0 N–H and O–H groups in total. The molecular weight excluding hydrogens is 280 g/mol. The van der Waals surface area contributed by atoms with Gasteiger partial charge in [0.1, 0.15) is 5.82 Å². The molecule has 0 saturated heterocycles. The molecule has 0 spiro atoms. The van der Waals surface area contributed by atoms with Crippen molar-refractivity contribution in [1.82, 2.24) is 9.55 Å². The van der Waals surface area contributed by atoms with E-state index in [-0.39, 0.29) is 0 Å². The van der Waals surface area contributed by atoms with E-state index in [4.69, 9.17) is 4.98 Å². The van der Waals surface area contributed by atoms with Gasteiger partial charge in [-0.3, -0.25) is 4.57 Å². The number of para-hydroxylation sites is 2. The third kappa shape index (κ3) is 3.02. The minimum atomic E-state index is 0.897. The highest BCUT2D eigenvalue weighted by Crippen LogP contribution is 2.28. The molecule has 0 fully saturated rings. The molecule has 0 atom stereocenters. The highest BCUT2D eigenvalue weighted by atomic mass is 15.1. The van der Waals surface area contributed by atoms with Crippen molar-refractivity contribution < 1.29 is 0 Å². The first kappa shape index (κ1) is 15.0. The lowest BCUT2D eigenvalue weighted by Gasteiger charge is -2.09. The van der Waals surface area contributed by atoms with Crippen molar-refractivity contribution in [2.75, 3.05) is 0 Å². The van der Waals surface area contributed by atoms with Crippen molar-refractivity contribution >= 4 is 16.7 Å². The second-order valence-corrected chi connectivity index (χ2v) is 5.51. The van der Waals surface area contributed by atoms with Crippen LogP contribution in [0.2, 0.25) is 0 Å². The predicted octanol–water partition coefficient (Wildman–Crippen LogP) is 5.61. The number of allylic oxidation sites excluding steroid dienone is 5. The van der Waals surface area contributed by atoms with Gasteiger partial charge in [-0.05, 0) is 38.1 Å². The van der Waals surface area contributed by atoms with E-state index in [0.717, 1.165) is 28.1 Å². The van der Waals surface area contributed by atoms with Gasteiger partial charge >= 0.3 is 0 Å². The molecule has 114 valence electrons. The Balaban J connectivity index is 2.21. The summed E-state index contributed by atoms with van der Waals surface area (Å²) in [4.78, 5) is 4.82. The van der Waals surface area contributed by atoms with Crippen LogP contribution in [0.15, 0.2) is 79.4 Å².